The summed E-state index contributed by atoms with van der Waals surface area (Å²) in [5.74, 6) is 0.205. The van der Waals surface area contributed by atoms with Gasteiger partial charge in [0.25, 0.3) is 0 Å². The van der Waals surface area contributed by atoms with Crippen LogP contribution in [0.2, 0.25) is 0 Å². The molecule has 1 amide bonds. The van der Waals surface area contributed by atoms with E-state index in [0.29, 0.717) is 13.1 Å². The van der Waals surface area contributed by atoms with Crippen LogP contribution in [0, 0.1) is 11.7 Å². The number of nitrogens with zero attached hydrogens (tertiary/aromatic N) is 2. The van der Waals surface area contributed by atoms with Gasteiger partial charge in [0.15, 0.2) is 0 Å². The second-order valence-corrected chi connectivity index (χ2v) is 6.68. The standard InChI is InChI=1S/C19H26FN3O.2ClH/c20-18-3-1-2-17(14-18)15-6-11-23(12-7-15)19(24)16-4-9-22(10-5-16)13-8-21;;/h1-3,6,14,16H,4-5,7-13,21H2;2*1H. The fourth-order valence-electron chi connectivity index (χ4n) is 3.66. The van der Waals surface area contributed by atoms with Crippen LogP contribution in [0.5, 0.6) is 0 Å². The van der Waals surface area contributed by atoms with Crippen molar-refractivity contribution in [2.75, 3.05) is 39.3 Å². The van der Waals surface area contributed by atoms with Gasteiger partial charge in [-0.15, -0.1) is 24.8 Å². The average molecular weight is 404 g/mol. The van der Waals surface area contributed by atoms with Crippen molar-refractivity contribution in [3.05, 3.63) is 41.7 Å². The summed E-state index contributed by atoms with van der Waals surface area (Å²) < 4.78 is 13.4. The van der Waals surface area contributed by atoms with Gasteiger partial charge in [-0.3, -0.25) is 4.79 Å². The summed E-state index contributed by atoms with van der Waals surface area (Å²) in [4.78, 5) is 17.0. The first-order valence-electron chi connectivity index (χ1n) is 8.83. The first kappa shape index (κ1) is 22.9. The van der Waals surface area contributed by atoms with Crippen molar-refractivity contribution in [1.82, 2.24) is 9.80 Å². The van der Waals surface area contributed by atoms with E-state index in [0.717, 1.165) is 56.6 Å². The smallest absolute Gasteiger partial charge is 0.226 e. The summed E-state index contributed by atoms with van der Waals surface area (Å²) in [6.07, 6.45) is 4.71. The number of amides is 1. The van der Waals surface area contributed by atoms with Gasteiger partial charge in [0.1, 0.15) is 5.82 Å². The van der Waals surface area contributed by atoms with E-state index in [2.05, 4.69) is 11.0 Å². The Bertz CT molecular complexity index is 619. The van der Waals surface area contributed by atoms with E-state index in [4.69, 9.17) is 5.73 Å². The molecule has 1 saturated heterocycles. The molecule has 0 radical (unpaired) electrons. The van der Waals surface area contributed by atoms with Crippen LogP contribution in [-0.2, 0) is 4.79 Å². The highest BCUT2D eigenvalue weighted by Crippen LogP contribution is 2.25. The van der Waals surface area contributed by atoms with Crippen LogP contribution in [0.25, 0.3) is 5.57 Å². The van der Waals surface area contributed by atoms with E-state index < -0.39 is 0 Å². The molecule has 0 unspecified atom stereocenters. The minimum Gasteiger partial charge on any atom is -0.338 e. The summed E-state index contributed by atoms with van der Waals surface area (Å²) in [7, 11) is 0. The Morgan fingerprint density at radius 1 is 1.19 bits per heavy atom. The van der Waals surface area contributed by atoms with E-state index in [1.54, 1.807) is 12.1 Å². The van der Waals surface area contributed by atoms with Crippen molar-refractivity contribution in [1.29, 1.82) is 0 Å². The number of carbonyl (C=O) groups is 1. The summed E-state index contributed by atoms with van der Waals surface area (Å²) >= 11 is 0. The topological polar surface area (TPSA) is 49.6 Å². The lowest BCUT2D eigenvalue weighted by Crippen LogP contribution is -2.44. The van der Waals surface area contributed by atoms with Crippen LogP contribution in [-0.4, -0.2) is 55.0 Å². The minimum atomic E-state index is -0.212. The Kier molecular flexibility index (Phi) is 9.58. The molecule has 0 spiro atoms. The summed E-state index contributed by atoms with van der Waals surface area (Å²) in [5.41, 5.74) is 7.66. The Morgan fingerprint density at radius 3 is 2.50 bits per heavy atom. The predicted octanol–water partition coefficient (Wildman–Crippen LogP) is 2.96. The van der Waals surface area contributed by atoms with Crippen LogP contribution < -0.4 is 5.73 Å². The molecule has 1 aromatic carbocycles. The molecule has 2 aliphatic heterocycles. The highest BCUT2D eigenvalue weighted by Gasteiger charge is 2.29. The molecule has 0 saturated carbocycles. The molecule has 0 atom stereocenters. The maximum absolute atomic E-state index is 13.4. The molecular formula is C19H28Cl2FN3O. The van der Waals surface area contributed by atoms with Gasteiger partial charge in [-0.1, -0.05) is 18.2 Å². The first-order chi connectivity index (χ1) is 11.7. The molecule has 2 aliphatic rings. The Morgan fingerprint density at radius 2 is 1.92 bits per heavy atom. The molecule has 0 aromatic heterocycles. The molecular weight excluding hydrogens is 376 g/mol. The number of halogens is 3. The van der Waals surface area contributed by atoms with Gasteiger partial charge in [0.2, 0.25) is 5.91 Å². The second kappa shape index (κ2) is 10.9. The van der Waals surface area contributed by atoms with E-state index in [9.17, 15) is 9.18 Å². The number of piperidine rings is 1. The molecule has 26 heavy (non-hydrogen) atoms. The average Bonchev–Trinajstić information content (AvgIpc) is 2.62. The lowest BCUT2D eigenvalue weighted by molar-refractivity contribution is -0.136. The number of likely N-dealkylation sites (tertiary alicyclic amines) is 1. The molecule has 4 nitrogen and oxygen atoms in total. The maximum Gasteiger partial charge on any atom is 0.226 e. The fourth-order valence-corrected chi connectivity index (χ4v) is 3.66. The zero-order valence-electron chi connectivity index (χ0n) is 14.9. The number of hydrogen-bond acceptors (Lipinski definition) is 3. The maximum atomic E-state index is 13.4. The van der Waals surface area contributed by atoms with Gasteiger partial charge < -0.3 is 15.5 Å². The summed E-state index contributed by atoms with van der Waals surface area (Å²) in [6, 6.07) is 6.69. The van der Waals surface area contributed by atoms with Crippen LogP contribution >= 0.6 is 24.8 Å². The lowest BCUT2D eigenvalue weighted by atomic mass is 9.93. The zero-order valence-corrected chi connectivity index (χ0v) is 16.5. The third-order valence-electron chi connectivity index (χ3n) is 5.10. The lowest BCUT2D eigenvalue weighted by Gasteiger charge is -2.35. The number of nitrogens with two attached hydrogens (primary N) is 1. The van der Waals surface area contributed by atoms with Crippen LogP contribution in [0.3, 0.4) is 0 Å². The highest BCUT2D eigenvalue weighted by atomic mass is 35.5. The molecule has 146 valence electrons. The van der Waals surface area contributed by atoms with Crippen LogP contribution in [0.4, 0.5) is 4.39 Å². The van der Waals surface area contributed by atoms with Gasteiger partial charge in [-0.2, -0.15) is 0 Å². The molecule has 2 heterocycles. The summed E-state index contributed by atoms with van der Waals surface area (Å²) in [5, 5.41) is 0. The van der Waals surface area contributed by atoms with Crippen LogP contribution in [0.15, 0.2) is 30.3 Å². The van der Waals surface area contributed by atoms with Gasteiger partial charge in [0, 0.05) is 32.1 Å². The van der Waals surface area contributed by atoms with Gasteiger partial charge in [0.05, 0.1) is 0 Å². The Balaban J connectivity index is 0.00000169. The van der Waals surface area contributed by atoms with E-state index in [1.165, 1.54) is 6.07 Å². The van der Waals surface area contributed by atoms with Crippen molar-refractivity contribution in [2.45, 2.75) is 19.3 Å². The van der Waals surface area contributed by atoms with Crippen LogP contribution in [0.1, 0.15) is 24.8 Å². The number of carbonyl (C=O) groups excluding carboxylic acids is 1. The molecule has 7 heteroatoms. The van der Waals surface area contributed by atoms with Gasteiger partial charge in [-0.05, 0) is 55.6 Å². The Hall–Kier alpha value is -1.14. The van der Waals surface area contributed by atoms with Crippen molar-refractivity contribution in [3.63, 3.8) is 0 Å². The molecule has 3 rings (SSSR count). The SMILES string of the molecule is Cl.Cl.NCCN1CCC(C(=O)N2CC=C(c3cccc(F)c3)CC2)CC1. The quantitative estimate of drug-likeness (QED) is 0.840. The third-order valence-corrected chi connectivity index (χ3v) is 5.10. The van der Waals surface area contributed by atoms with Crippen molar-refractivity contribution in [3.8, 4) is 0 Å². The Labute approximate surface area is 167 Å². The van der Waals surface area contributed by atoms with Gasteiger partial charge in [-0.25, -0.2) is 4.39 Å². The summed E-state index contributed by atoms with van der Waals surface area (Å²) in [6.45, 7) is 4.89. The fraction of sp³-hybridized carbons (Fsp3) is 0.526. The molecule has 2 N–H and O–H groups in total. The molecule has 1 aromatic rings. The number of hydrogen-bond donors (Lipinski definition) is 1. The highest BCUT2D eigenvalue weighted by molar-refractivity contribution is 5.85. The number of rotatable bonds is 4. The molecule has 1 fully saturated rings. The first-order valence-corrected chi connectivity index (χ1v) is 8.83. The monoisotopic (exact) mass is 403 g/mol. The zero-order chi connectivity index (χ0) is 16.9. The van der Waals surface area contributed by atoms with E-state index in [-0.39, 0.29) is 42.5 Å². The van der Waals surface area contributed by atoms with Crippen molar-refractivity contribution >= 4 is 36.3 Å². The third kappa shape index (κ3) is 5.68. The largest absolute Gasteiger partial charge is 0.338 e. The second-order valence-electron chi connectivity index (χ2n) is 6.68. The minimum absolute atomic E-state index is 0. The number of benzene rings is 1. The molecule has 0 bridgehead atoms. The van der Waals surface area contributed by atoms with E-state index in [1.807, 2.05) is 11.0 Å². The van der Waals surface area contributed by atoms with Crippen molar-refractivity contribution in [2.24, 2.45) is 11.7 Å². The molecule has 0 aliphatic carbocycles. The van der Waals surface area contributed by atoms with Gasteiger partial charge >= 0.3 is 0 Å². The normalized spacial score (nSPS) is 18.5. The predicted molar refractivity (Wildman–Crippen MR) is 108 cm³/mol. The van der Waals surface area contributed by atoms with E-state index >= 15 is 0 Å². The van der Waals surface area contributed by atoms with Crippen molar-refractivity contribution < 1.29 is 9.18 Å².